The molecule has 0 aliphatic heterocycles. The molecule has 0 bridgehead atoms. The lowest BCUT2D eigenvalue weighted by atomic mass is 10.2. The highest BCUT2D eigenvalue weighted by molar-refractivity contribution is 6.31. The van der Waals surface area contributed by atoms with E-state index in [1.54, 1.807) is 0 Å². The molecule has 0 saturated heterocycles. The van der Waals surface area contributed by atoms with E-state index in [9.17, 15) is 18.0 Å². The highest BCUT2D eigenvalue weighted by Gasteiger charge is 2.33. The summed E-state index contributed by atoms with van der Waals surface area (Å²) in [6.45, 7) is 1.14. The van der Waals surface area contributed by atoms with E-state index in [0.717, 1.165) is 13.1 Å². The molecule has 0 atom stereocenters. The Morgan fingerprint density at radius 1 is 1.50 bits per heavy atom. The Hall–Kier alpha value is -1.10. The topological polar surface area (TPSA) is 30.0 Å². The van der Waals surface area contributed by atoms with Gasteiger partial charge in [-0.25, -0.2) is 0 Å². The van der Waals surface area contributed by atoms with E-state index in [1.807, 2.05) is 0 Å². The molecule has 0 fully saturated rings. The number of rotatable bonds is 1. The van der Waals surface area contributed by atoms with Crippen LogP contribution in [-0.2, 0) is 6.18 Å². The van der Waals surface area contributed by atoms with Gasteiger partial charge in [-0.05, 0) is 6.07 Å². The highest BCUT2D eigenvalue weighted by Crippen LogP contribution is 2.34. The number of alkyl halides is 3. The van der Waals surface area contributed by atoms with Gasteiger partial charge in [-0.15, -0.1) is 0 Å². The van der Waals surface area contributed by atoms with Gasteiger partial charge in [0.1, 0.15) is 5.69 Å². The molecule has 0 saturated carbocycles. The van der Waals surface area contributed by atoms with Crippen molar-refractivity contribution in [2.45, 2.75) is 13.1 Å². The van der Waals surface area contributed by atoms with E-state index < -0.39 is 22.5 Å². The highest BCUT2D eigenvalue weighted by atomic mass is 35.5. The first-order valence-corrected chi connectivity index (χ1v) is 3.94. The fourth-order valence-electron chi connectivity index (χ4n) is 0.848. The van der Waals surface area contributed by atoms with Gasteiger partial charge in [-0.3, -0.25) is 9.78 Å². The van der Waals surface area contributed by atoms with Crippen LogP contribution in [0.2, 0.25) is 5.02 Å². The number of nitrogens with zero attached hydrogens (tertiary/aromatic N) is 1. The van der Waals surface area contributed by atoms with Crippen LogP contribution in [0.5, 0.6) is 0 Å². The van der Waals surface area contributed by atoms with Crippen molar-refractivity contribution in [1.82, 2.24) is 4.98 Å². The van der Waals surface area contributed by atoms with Crippen LogP contribution in [0.4, 0.5) is 13.2 Å². The second-order valence-corrected chi connectivity index (χ2v) is 3.01. The van der Waals surface area contributed by atoms with Crippen LogP contribution >= 0.6 is 11.6 Å². The zero-order valence-corrected chi connectivity index (χ0v) is 7.78. The Morgan fingerprint density at radius 2 is 2.07 bits per heavy atom. The van der Waals surface area contributed by atoms with Crippen molar-refractivity contribution in [3.8, 4) is 0 Å². The van der Waals surface area contributed by atoms with Crippen molar-refractivity contribution in [3.05, 3.63) is 28.5 Å². The van der Waals surface area contributed by atoms with Crippen molar-refractivity contribution >= 4 is 17.4 Å². The summed E-state index contributed by atoms with van der Waals surface area (Å²) in [6, 6.07) is 0.644. The predicted octanol–water partition coefficient (Wildman–Crippen LogP) is 2.96. The van der Waals surface area contributed by atoms with Crippen molar-refractivity contribution < 1.29 is 18.0 Å². The third-order valence-electron chi connectivity index (χ3n) is 1.52. The molecule has 0 aliphatic rings. The van der Waals surface area contributed by atoms with Crippen molar-refractivity contribution in [3.63, 3.8) is 0 Å². The van der Waals surface area contributed by atoms with Crippen LogP contribution in [-0.4, -0.2) is 10.8 Å². The number of ketones is 1. The van der Waals surface area contributed by atoms with Gasteiger partial charge in [-0.2, -0.15) is 13.2 Å². The van der Waals surface area contributed by atoms with Gasteiger partial charge in [0, 0.05) is 13.1 Å². The minimum atomic E-state index is -4.57. The summed E-state index contributed by atoms with van der Waals surface area (Å²) in [6.07, 6.45) is -3.74. The van der Waals surface area contributed by atoms with Gasteiger partial charge in [-0.1, -0.05) is 11.6 Å². The smallest absolute Gasteiger partial charge is 0.293 e. The molecule has 1 heterocycles. The van der Waals surface area contributed by atoms with E-state index in [2.05, 4.69) is 4.98 Å². The molecule has 0 aliphatic carbocycles. The molecule has 0 N–H and O–H groups in total. The van der Waals surface area contributed by atoms with Crippen LogP contribution in [0.3, 0.4) is 0 Å². The minimum absolute atomic E-state index is 0.248. The largest absolute Gasteiger partial charge is 0.417 e. The third-order valence-corrected chi connectivity index (χ3v) is 1.82. The molecule has 0 unspecified atom stereocenters. The molecule has 1 aromatic heterocycles. The fourth-order valence-corrected chi connectivity index (χ4v) is 1.06. The molecule has 0 radical (unpaired) electrons. The summed E-state index contributed by atoms with van der Waals surface area (Å²) in [5.41, 5.74) is -1.29. The molecule has 76 valence electrons. The first-order chi connectivity index (χ1) is 6.32. The Balaban J connectivity index is 3.29. The third kappa shape index (κ3) is 2.23. The van der Waals surface area contributed by atoms with Crippen LogP contribution < -0.4 is 0 Å². The van der Waals surface area contributed by atoms with Crippen LogP contribution in [0.25, 0.3) is 0 Å². The summed E-state index contributed by atoms with van der Waals surface area (Å²) in [5, 5.41) is -0.512. The quantitative estimate of drug-likeness (QED) is 0.685. The summed E-state index contributed by atoms with van der Waals surface area (Å²) < 4.78 is 36.8. The molecule has 2 nitrogen and oxygen atoms in total. The Bertz CT molecular complexity index is 375. The number of carbonyl (C=O) groups is 1. The van der Waals surface area contributed by atoms with Crippen molar-refractivity contribution in [2.24, 2.45) is 0 Å². The fraction of sp³-hybridized carbons (Fsp3) is 0.250. The number of pyridine rings is 1. The van der Waals surface area contributed by atoms with E-state index in [1.165, 1.54) is 0 Å². The van der Waals surface area contributed by atoms with Crippen LogP contribution in [0, 0.1) is 0 Å². The van der Waals surface area contributed by atoms with E-state index in [-0.39, 0.29) is 5.69 Å². The summed E-state index contributed by atoms with van der Waals surface area (Å²) in [5.74, 6) is -0.535. The molecule has 1 rings (SSSR count). The number of hydrogen-bond acceptors (Lipinski definition) is 2. The first kappa shape index (κ1) is 11.0. The molecular formula is C8H5ClF3NO. The number of carbonyl (C=O) groups excluding carboxylic acids is 1. The summed E-state index contributed by atoms with van der Waals surface area (Å²) in [7, 11) is 0. The molecule has 6 heteroatoms. The van der Waals surface area contributed by atoms with Gasteiger partial charge in [0.05, 0.1) is 10.6 Å². The van der Waals surface area contributed by atoms with Gasteiger partial charge in [0.2, 0.25) is 0 Å². The average molecular weight is 224 g/mol. The zero-order chi connectivity index (χ0) is 10.9. The predicted molar refractivity (Wildman–Crippen MR) is 44.3 cm³/mol. The van der Waals surface area contributed by atoms with Crippen molar-refractivity contribution in [2.75, 3.05) is 0 Å². The SMILES string of the molecule is CC(=O)c1cc(C(F)(F)F)c(Cl)cn1. The molecule has 1 aromatic rings. The zero-order valence-electron chi connectivity index (χ0n) is 7.02. The minimum Gasteiger partial charge on any atom is -0.293 e. The normalized spacial score (nSPS) is 11.5. The van der Waals surface area contributed by atoms with Crippen molar-refractivity contribution in [1.29, 1.82) is 0 Å². The lowest BCUT2D eigenvalue weighted by molar-refractivity contribution is -0.137. The maximum Gasteiger partial charge on any atom is 0.417 e. The number of halogens is 4. The van der Waals surface area contributed by atoms with Crippen LogP contribution in [0.1, 0.15) is 23.0 Å². The number of aromatic nitrogens is 1. The first-order valence-electron chi connectivity index (χ1n) is 3.56. The Kier molecular flexibility index (Phi) is 2.80. The maximum absolute atomic E-state index is 12.3. The molecule has 14 heavy (non-hydrogen) atoms. The van der Waals surface area contributed by atoms with Gasteiger partial charge >= 0.3 is 6.18 Å². The lowest BCUT2D eigenvalue weighted by Crippen LogP contribution is -2.09. The summed E-state index contributed by atoms with van der Waals surface area (Å²) in [4.78, 5) is 14.2. The molecular weight excluding hydrogens is 219 g/mol. The lowest BCUT2D eigenvalue weighted by Gasteiger charge is -2.08. The number of hydrogen-bond donors (Lipinski definition) is 0. The van der Waals surface area contributed by atoms with E-state index in [0.29, 0.717) is 6.07 Å². The molecule has 0 spiro atoms. The number of Topliss-reactive ketones (excluding diaryl/α,β-unsaturated/α-hetero) is 1. The summed E-state index contributed by atoms with van der Waals surface area (Å²) >= 11 is 5.29. The van der Waals surface area contributed by atoms with Gasteiger partial charge < -0.3 is 0 Å². The maximum atomic E-state index is 12.3. The molecule has 0 amide bonds. The molecule has 0 aromatic carbocycles. The van der Waals surface area contributed by atoms with Gasteiger partial charge in [0.25, 0.3) is 0 Å². The van der Waals surface area contributed by atoms with Crippen LogP contribution in [0.15, 0.2) is 12.3 Å². The van der Waals surface area contributed by atoms with E-state index in [4.69, 9.17) is 11.6 Å². The monoisotopic (exact) mass is 223 g/mol. The van der Waals surface area contributed by atoms with Gasteiger partial charge in [0.15, 0.2) is 5.78 Å². The second-order valence-electron chi connectivity index (χ2n) is 2.60. The average Bonchev–Trinajstić information content (AvgIpc) is 2.02. The standard InChI is InChI=1S/C8H5ClF3NO/c1-4(14)7-2-5(8(10,11)12)6(9)3-13-7/h2-3H,1H3. The van der Waals surface area contributed by atoms with E-state index >= 15 is 0 Å². The second kappa shape index (κ2) is 3.57. The Labute approximate surface area is 82.7 Å². The Morgan fingerprint density at radius 3 is 2.50 bits per heavy atom.